The Kier molecular flexibility index (Phi) is 7.26. The first-order valence-electron chi connectivity index (χ1n) is 9.73. The second kappa shape index (κ2) is 9.73. The van der Waals surface area contributed by atoms with Crippen LogP contribution in [0, 0.1) is 12.7 Å². The first-order valence-corrected chi connectivity index (χ1v) is 10.1. The number of ether oxygens (including phenoxy) is 1. The van der Waals surface area contributed by atoms with Crippen molar-refractivity contribution in [1.82, 2.24) is 14.5 Å². The van der Waals surface area contributed by atoms with Crippen LogP contribution in [0.3, 0.4) is 0 Å². The van der Waals surface area contributed by atoms with Crippen molar-refractivity contribution in [1.29, 1.82) is 0 Å². The molecule has 1 aromatic heterocycles. The van der Waals surface area contributed by atoms with E-state index in [2.05, 4.69) is 5.32 Å². The molecule has 168 valence electrons. The number of aromatic nitrogens is 2. The second-order valence-corrected chi connectivity index (χ2v) is 7.71. The molecular formula is C20H23ClFN3O6. The first-order chi connectivity index (χ1) is 14.7. The molecule has 2 aromatic rings. The number of rotatable bonds is 7. The van der Waals surface area contributed by atoms with Gasteiger partial charge in [-0.1, -0.05) is 11.6 Å². The minimum absolute atomic E-state index is 0.0183. The van der Waals surface area contributed by atoms with Crippen LogP contribution in [0.4, 0.5) is 4.39 Å². The zero-order valence-corrected chi connectivity index (χ0v) is 17.5. The lowest BCUT2D eigenvalue weighted by Gasteiger charge is -2.17. The Morgan fingerprint density at radius 2 is 2.13 bits per heavy atom. The fraction of sp³-hybridized carbons (Fsp3) is 0.450. The normalized spacial score (nSPS) is 20.7. The van der Waals surface area contributed by atoms with E-state index in [1.807, 2.05) is 0 Å². The van der Waals surface area contributed by atoms with Crippen LogP contribution < -0.4 is 16.6 Å². The number of carbonyl (C=O) groups excluding carboxylic acids is 1. The van der Waals surface area contributed by atoms with Gasteiger partial charge in [-0.3, -0.25) is 18.7 Å². The summed E-state index contributed by atoms with van der Waals surface area (Å²) in [5, 5.41) is 21.8. The Morgan fingerprint density at radius 3 is 2.77 bits per heavy atom. The highest BCUT2D eigenvalue weighted by Crippen LogP contribution is 2.27. The van der Waals surface area contributed by atoms with Gasteiger partial charge in [-0.05, 0) is 31.5 Å². The molecule has 0 spiro atoms. The van der Waals surface area contributed by atoms with Crippen LogP contribution in [0.5, 0.6) is 0 Å². The van der Waals surface area contributed by atoms with Gasteiger partial charge in [0.2, 0.25) is 0 Å². The lowest BCUT2D eigenvalue weighted by atomic mass is 10.2. The van der Waals surface area contributed by atoms with Crippen LogP contribution in [0.15, 0.2) is 34.0 Å². The van der Waals surface area contributed by atoms with Gasteiger partial charge in [0.15, 0.2) is 0 Å². The summed E-state index contributed by atoms with van der Waals surface area (Å²) in [4.78, 5) is 37.4. The van der Waals surface area contributed by atoms with Crippen LogP contribution in [-0.4, -0.2) is 50.6 Å². The van der Waals surface area contributed by atoms with Gasteiger partial charge >= 0.3 is 5.69 Å². The van der Waals surface area contributed by atoms with Crippen LogP contribution >= 0.6 is 11.6 Å². The average Bonchev–Trinajstić information content (AvgIpc) is 3.10. The van der Waals surface area contributed by atoms with Crippen molar-refractivity contribution in [3.63, 3.8) is 0 Å². The van der Waals surface area contributed by atoms with Crippen molar-refractivity contribution in [3.8, 4) is 0 Å². The minimum atomic E-state index is -0.920. The molecule has 3 N–H and O–H groups in total. The SMILES string of the molecule is Cc1cn([C@H]2C[C@H](O)[C@@H](CO)O2)c(=O)n(CCCNC(=O)c2ccc(F)cc2Cl)c1=O. The van der Waals surface area contributed by atoms with E-state index in [0.29, 0.717) is 5.56 Å². The first kappa shape index (κ1) is 23.1. The zero-order valence-electron chi connectivity index (χ0n) is 16.8. The molecule has 0 aliphatic carbocycles. The Balaban J connectivity index is 1.68. The van der Waals surface area contributed by atoms with E-state index in [0.717, 1.165) is 16.7 Å². The molecule has 3 rings (SSSR count). The van der Waals surface area contributed by atoms with Gasteiger partial charge in [-0.2, -0.15) is 0 Å². The van der Waals surface area contributed by atoms with Crippen molar-refractivity contribution >= 4 is 17.5 Å². The molecule has 1 aromatic carbocycles. The highest BCUT2D eigenvalue weighted by molar-refractivity contribution is 6.33. The zero-order chi connectivity index (χ0) is 22.7. The van der Waals surface area contributed by atoms with Gasteiger partial charge in [0.1, 0.15) is 18.1 Å². The van der Waals surface area contributed by atoms with Crippen molar-refractivity contribution in [2.75, 3.05) is 13.2 Å². The summed E-state index contributed by atoms with van der Waals surface area (Å²) in [5.74, 6) is -1.05. The molecule has 0 unspecified atom stereocenters. The van der Waals surface area contributed by atoms with E-state index in [4.69, 9.17) is 16.3 Å². The molecule has 2 heterocycles. The molecule has 0 saturated carbocycles. The predicted octanol–water partition coefficient (Wildman–Crippen LogP) is 0.572. The molecule has 1 fully saturated rings. The minimum Gasteiger partial charge on any atom is -0.394 e. The van der Waals surface area contributed by atoms with E-state index in [1.54, 1.807) is 6.92 Å². The van der Waals surface area contributed by atoms with Gasteiger partial charge in [-0.25, -0.2) is 9.18 Å². The van der Waals surface area contributed by atoms with Crippen LogP contribution in [0.2, 0.25) is 5.02 Å². The van der Waals surface area contributed by atoms with Crippen LogP contribution in [0.25, 0.3) is 0 Å². The van der Waals surface area contributed by atoms with E-state index in [1.165, 1.54) is 16.8 Å². The second-order valence-electron chi connectivity index (χ2n) is 7.31. The summed E-state index contributed by atoms with van der Waals surface area (Å²) in [6.07, 6.45) is -0.766. The number of aryl methyl sites for hydroxylation is 1. The van der Waals surface area contributed by atoms with Gasteiger partial charge < -0.3 is 20.3 Å². The number of hydrogen-bond donors (Lipinski definition) is 3. The summed E-state index contributed by atoms with van der Waals surface area (Å²) in [6.45, 7) is 1.36. The van der Waals surface area contributed by atoms with E-state index >= 15 is 0 Å². The molecule has 0 bridgehead atoms. The van der Waals surface area contributed by atoms with Gasteiger partial charge in [0.25, 0.3) is 11.5 Å². The molecule has 1 aliphatic rings. The quantitative estimate of drug-likeness (QED) is 0.525. The molecule has 0 radical (unpaired) electrons. The number of benzene rings is 1. The standard InChI is InChI=1S/C20H23ClFN3O6/c1-11-9-25(17-8-15(27)16(10-26)31-17)20(30)24(19(11)29)6-2-5-23-18(28)13-4-3-12(22)7-14(13)21/h3-4,7,9,15-17,26-27H,2,5-6,8,10H2,1H3,(H,23,28)/t15-,16+,17+/m0/s1. The number of hydrogen-bond acceptors (Lipinski definition) is 6. The molecule has 1 amide bonds. The molecule has 3 atom stereocenters. The van der Waals surface area contributed by atoms with Crippen molar-refractivity contribution in [2.24, 2.45) is 0 Å². The summed E-state index contributed by atoms with van der Waals surface area (Å²) < 4.78 is 20.9. The molecule has 11 heteroatoms. The number of amides is 1. The summed E-state index contributed by atoms with van der Waals surface area (Å²) in [7, 11) is 0. The van der Waals surface area contributed by atoms with Gasteiger partial charge in [0, 0.05) is 31.3 Å². The molecule has 9 nitrogen and oxygen atoms in total. The highest BCUT2D eigenvalue weighted by atomic mass is 35.5. The maximum atomic E-state index is 13.1. The Bertz CT molecular complexity index is 1090. The van der Waals surface area contributed by atoms with Crippen LogP contribution in [0.1, 0.15) is 35.0 Å². The summed E-state index contributed by atoms with van der Waals surface area (Å²) >= 11 is 5.87. The third kappa shape index (κ3) is 5.04. The lowest BCUT2D eigenvalue weighted by molar-refractivity contribution is -0.0464. The fourth-order valence-corrected chi connectivity index (χ4v) is 3.67. The van der Waals surface area contributed by atoms with E-state index in [9.17, 15) is 29.0 Å². The fourth-order valence-electron chi connectivity index (χ4n) is 3.42. The number of aliphatic hydroxyl groups excluding tert-OH is 2. The van der Waals surface area contributed by atoms with E-state index < -0.39 is 41.4 Å². The highest BCUT2D eigenvalue weighted by Gasteiger charge is 2.35. The molecule has 1 aliphatic heterocycles. The van der Waals surface area contributed by atoms with E-state index in [-0.39, 0.29) is 43.1 Å². The monoisotopic (exact) mass is 455 g/mol. The van der Waals surface area contributed by atoms with Crippen molar-refractivity contribution in [3.05, 3.63) is 67.2 Å². The van der Waals surface area contributed by atoms with Crippen LogP contribution in [-0.2, 0) is 11.3 Å². The number of halogens is 2. The van der Waals surface area contributed by atoms with Crippen molar-refractivity contribution in [2.45, 2.75) is 44.7 Å². The smallest absolute Gasteiger partial charge is 0.333 e. The maximum absolute atomic E-state index is 13.1. The van der Waals surface area contributed by atoms with Gasteiger partial charge in [0.05, 0.1) is 23.3 Å². The molecular weight excluding hydrogens is 433 g/mol. The van der Waals surface area contributed by atoms with Gasteiger partial charge in [-0.15, -0.1) is 0 Å². The Hall–Kier alpha value is -2.53. The third-order valence-corrected chi connectivity index (χ3v) is 5.39. The predicted molar refractivity (Wildman–Crippen MR) is 110 cm³/mol. The third-order valence-electron chi connectivity index (χ3n) is 5.08. The summed E-state index contributed by atoms with van der Waals surface area (Å²) in [5.41, 5.74) is -0.647. The number of nitrogens with one attached hydrogen (secondary N) is 1. The average molecular weight is 456 g/mol. The number of aliphatic hydroxyl groups is 2. The molecule has 31 heavy (non-hydrogen) atoms. The Morgan fingerprint density at radius 1 is 1.39 bits per heavy atom. The lowest BCUT2D eigenvalue weighted by Crippen LogP contribution is -2.42. The number of nitrogens with zero attached hydrogens (tertiary/aromatic N) is 2. The van der Waals surface area contributed by atoms with Crippen molar-refractivity contribution < 1.29 is 24.1 Å². The topological polar surface area (TPSA) is 123 Å². The maximum Gasteiger partial charge on any atom is 0.333 e. The molecule has 1 saturated heterocycles. The largest absolute Gasteiger partial charge is 0.394 e. The number of carbonyl (C=O) groups is 1. The summed E-state index contributed by atoms with van der Waals surface area (Å²) in [6, 6.07) is 3.43. The Labute approximate surface area is 181 Å².